The van der Waals surface area contributed by atoms with Crippen molar-refractivity contribution >= 4 is 21.8 Å². The summed E-state index contributed by atoms with van der Waals surface area (Å²) in [7, 11) is 0. The molecule has 4 rings (SSSR count). The fraction of sp³-hybridized carbons (Fsp3) is 0.0952. The summed E-state index contributed by atoms with van der Waals surface area (Å²) >= 11 is 3.50. The number of phenols is 1. The number of hydrogen-bond donors (Lipinski definition) is 2. The normalized spacial score (nSPS) is 19.3. The highest BCUT2D eigenvalue weighted by Gasteiger charge is 2.31. The van der Waals surface area contributed by atoms with Gasteiger partial charge in [0.25, 0.3) is 0 Å². The van der Waals surface area contributed by atoms with Gasteiger partial charge in [0.05, 0.1) is 6.04 Å². The minimum absolute atomic E-state index is 0.00572. The Morgan fingerprint density at radius 1 is 0.800 bits per heavy atom. The average molecular weight is 393 g/mol. The maximum absolute atomic E-state index is 9.52. The summed E-state index contributed by atoms with van der Waals surface area (Å²) in [5.41, 5.74) is 3.34. The van der Waals surface area contributed by atoms with E-state index < -0.39 is 0 Å². The molecule has 124 valence electrons. The highest BCUT2D eigenvalue weighted by Crippen LogP contribution is 2.37. The number of aliphatic imine (C=N–C) groups is 1. The molecule has 2 N–H and O–H groups in total. The third kappa shape index (κ3) is 3.30. The maximum atomic E-state index is 9.52. The molecule has 0 aromatic heterocycles. The highest BCUT2D eigenvalue weighted by molar-refractivity contribution is 9.10. The van der Waals surface area contributed by atoms with E-state index in [1.54, 1.807) is 12.1 Å². The molecule has 0 fully saturated rings. The van der Waals surface area contributed by atoms with Crippen LogP contribution in [0.25, 0.3) is 0 Å². The molecule has 3 aromatic rings. The number of hydrogen-bond acceptors (Lipinski definition) is 3. The van der Waals surface area contributed by atoms with Crippen molar-refractivity contribution in [1.29, 1.82) is 0 Å². The standard InChI is InChI=1S/C21H17BrN2O/c22-17-10-6-15(7-11-17)20-19(14-4-2-1-3-5-14)23-21(24-20)16-8-12-18(25)13-9-16/h1-13,19-20,25H,(H,23,24). The maximum Gasteiger partial charge on any atom is 0.129 e. The van der Waals surface area contributed by atoms with Crippen LogP contribution in [-0.4, -0.2) is 10.9 Å². The topological polar surface area (TPSA) is 44.6 Å². The van der Waals surface area contributed by atoms with Crippen LogP contribution in [0.5, 0.6) is 5.75 Å². The van der Waals surface area contributed by atoms with Crippen molar-refractivity contribution in [2.24, 2.45) is 4.99 Å². The van der Waals surface area contributed by atoms with E-state index in [1.165, 1.54) is 11.1 Å². The molecule has 0 bridgehead atoms. The van der Waals surface area contributed by atoms with Gasteiger partial charge in [0.15, 0.2) is 0 Å². The zero-order valence-electron chi connectivity index (χ0n) is 13.4. The molecule has 2 atom stereocenters. The second kappa shape index (κ2) is 6.73. The second-order valence-corrected chi connectivity index (χ2v) is 6.97. The number of amidine groups is 1. The fourth-order valence-electron chi connectivity index (χ4n) is 3.11. The van der Waals surface area contributed by atoms with Crippen LogP contribution in [0.3, 0.4) is 0 Å². The highest BCUT2D eigenvalue weighted by atomic mass is 79.9. The Balaban J connectivity index is 1.73. The van der Waals surface area contributed by atoms with Crippen LogP contribution in [0.1, 0.15) is 28.8 Å². The van der Waals surface area contributed by atoms with E-state index in [9.17, 15) is 5.11 Å². The Kier molecular flexibility index (Phi) is 4.28. The van der Waals surface area contributed by atoms with Gasteiger partial charge in [-0.3, -0.25) is 4.99 Å². The van der Waals surface area contributed by atoms with Crippen LogP contribution in [0.2, 0.25) is 0 Å². The second-order valence-electron chi connectivity index (χ2n) is 6.05. The van der Waals surface area contributed by atoms with Gasteiger partial charge in [0.1, 0.15) is 17.6 Å². The molecule has 3 aromatic carbocycles. The molecule has 0 radical (unpaired) electrons. The van der Waals surface area contributed by atoms with Gasteiger partial charge in [-0.15, -0.1) is 0 Å². The van der Waals surface area contributed by atoms with Gasteiger partial charge in [-0.05, 0) is 47.5 Å². The molecule has 0 saturated heterocycles. The quantitative estimate of drug-likeness (QED) is 0.659. The Morgan fingerprint density at radius 2 is 1.48 bits per heavy atom. The van der Waals surface area contributed by atoms with Crippen molar-refractivity contribution in [2.45, 2.75) is 12.1 Å². The lowest BCUT2D eigenvalue weighted by atomic mass is 9.95. The number of phenolic OH excluding ortho intramolecular Hbond substituents is 1. The van der Waals surface area contributed by atoms with Crippen molar-refractivity contribution in [3.8, 4) is 5.75 Å². The van der Waals surface area contributed by atoms with Gasteiger partial charge < -0.3 is 10.4 Å². The van der Waals surface area contributed by atoms with E-state index in [0.29, 0.717) is 0 Å². The van der Waals surface area contributed by atoms with Crippen LogP contribution < -0.4 is 5.32 Å². The Labute approximate surface area is 155 Å². The van der Waals surface area contributed by atoms with Gasteiger partial charge in [0, 0.05) is 10.0 Å². The Morgan fingerprint density at radius 3 is 2.16 bits per heavy atom. The summed E-state index contributed by atoms with van der Waals surface area (Å²) < 4.78 is 1.06. The minimum atomic E-state index is 0.00572. The molecule has 0 amide bonds. The molecule has 4 heteroatoms. The zero-order valence-corrected chi connectivity index (χ0v) is 15.0. The minimum Gasteiger partial charge on any atom is -0.508 e. The van der Waals surface area contributed by atoms with Crippen molar-refractivity contribution < 1.29 is 5.11 Å². The molecular weight excluding hydrogens is 376 g/mol. The van der Waals surface area contributed by atoms with E-state index >= 15 is 0 Å². The summed E-state index contributed by atoms with van der Waals surface area (Å²) in [5, 5.41) is 13.1. The van der Waals surface area contributed by atoms with Crippen LogP contribution in [0.15, 0.2) is 88.3 Å². The Bertz CT molecular complexity index is 889. The van der Waals surface area contributed by atoms with Crippen molar-refractivity contribution in [3.05, 3.63) is 100 Å². The van der Waals surface area contributed by atoms with Crippen LogP contribution >= 0.6 is 15.9 Å². The van der Waals surface area contributed by atoms with Gasteiger partial charge in [-0.2, -0.15) is 0 Å². The van der Waals surface area contributed by atoms with E-state index in [-0.39, 0.29) is 17.8 Å². The summed E-state index contributed by atoms with van der Waals surface area (Å²) in [6.07, 6.45) is 0. The Hall–Kier alpha value is -2.59. The molecule has 25 heavy (non-hydrogen) atoms. The molecule has 1 aliphatic heterocycles. The summed E-state index contributed by atoms with van der Waals surface area (Å²) in [5.74, 6) is 1.10. The van der Waals surface area contributed by atoms with Crippen LogP contribution in [-0.2, 0) is 0 Å². The zero-order chi connectivity index (χ0) is 17.2. The van der Waals surface area contributed by atoms with E-state index in [1.807, 2.05) is 30.3 Å². The van der Waals surface area contributed by atoms with Crippen molar-refractivity contribution in [3.63, 3.8) is 0 Å². The third-order valence-corrected chi connectivity index (χ3v) is 4.92. The number of aromatic hydroxyl groups is 1. The average Bonchev–Trinajstić information content (AvgIpc) is 3.09. The number of nitrogens with one attached hydrogen (secondary N) is 1. The van der Waals surface area contributed by atoms with E-state index in [2.05, 4.69) is 57.6 Å². The summed E-state index contributed by atoms with van der Waals surface area (Å²) in [6, 6.07) is 25.9. The number of rotatable bonds is 3. The predicted octanol–water partition coefficient (Wildman–Crippen LogP) is 4.99. The SMILES string of the molecule is Oc1ccc(C2=NC(c3ccccc3)C(c3ccc(Br)cc3)N2)cc1. The third-order valence-electron chi connectivity index (χ3n) is 4.39. The first-order valence-electron chi connectivity index (χ1n) is 8.15. The fourth-order valence-corrected chi connectivity index (χ4v) is 3.37. The number of nitrogens with zero attached hydrogens (tertiary/aromatic N) is 1. The summed E-state index contributed by atoms with van der Waals surface area (Å²) in [4.78, 5) is 4.95. The number of benzene rings is 3. The first-order valence-corrected chi connectivity index (χ1v) is 8.94. The molecule has 0 spiro atoms. The predicted molar refractivity (Wildman–Crippen MR) is 104 cm³/mol. The lowest BCUT2D eigenvalue weighted by Crippen LogP contribution is -2.25. The first kappa shape index (κ1) is 15.9. The van der Waals surface area contributed by atoms with E-state index in [0.717, 1.165) is 15.9 Å². The van der Waals surface area contributed by atoms with Crippen LogP contribution in [0, 0.1) is 0 Å². The largest absolute Gasteiger partial charge is 0.508 e. The van der Waals surface area contributed by atoms with Gasteiger partial charge >= 0.3 is 0 Å². The molecule has 1 aliphatic rings. The molecular formula is C21H17BrN2O. The molecule has 2 unspecified atom stereocenters. The van der Waals surface area contributed by atoms with Gasteiger partial charge in [-0.25, -0.2) is 0 Å². The monoisotopic (exact) mass is 392 g/mol. The number of halogens is 1. The molecule has 0 saturated carbocycles. The van der Waals surface area contributed by atoms with Gasteiger partial charge in [-0.1, -0.05) is 58.4 Å². The first-order chi connectivity index (χ1) is 12.2. The summed E-state index contributed by atoms with van der Waals surface area (Å²) in [6.45, 7) is 0. The van der Waals surface area contributed by atoms with Crippen LogP contribution in [0.4, 0.5) is 0 Å². The molecule has 3 nitrogen and oxygen atoms in total. The molecule has 0 aliphatic carbocycles. The smallest absolute Gasteiger partial charge is 0.129 e. The van der Waals surface area contributed by atoms with Gasteiger partial charge in [0.2, 0.25) is 0 Å². The lowest BCUT2D eigenvalue weighted by Gasteiger charge is -2.19. The molecule has 1 heterocycles. The van der Waals surface area contributed by atoms with Crippen molar-refractivity contribution in [2.75, 3.05) is 0 Å². The van der Waals surface area contributed by atoms with Crippen molar-refractivity contribution in [1.82, 2.24) is 5.32 Å². The van der Waals surface area contributed by atoms with E-state index in [4.69, 9.17) is 4.99 Å². The lowest BCUT2D eigenvalue weighted by molar-refractivity contribution is 0.475.